The lowest BCUT2D eigenvalue weighted by Crippen LogP contribution is -2.33. The second kappa shape index (κ2) is 8.18. The molecule has 2 atom stereocenters. The molecule has 2 rings (SSSR count). The molecule has 2 aromatic carbocycles. The van der Waals surface area contributed by atoms with Crippen molar-refractivity contribution in [2.24, 2.45) is 0 Å². The Bertz CT molecular complexity index is 589. The average molecular weight is 320 g/mol. The summed E-state index contributed by atoms with van der Waals surface area (Å²) < 4.78 is 5.64. The molecule has 4 heteroatoms. The van der Waals surface area contributed by atoms with Crippen LogP contribution in [0.4, 0.5) is 0 Å². The van der Waals surface area contributed by atoms with Crippen LogP contribution < -0.4 is 10.1 Å². The van der Waals surface area contributed by atoms with Crippen LogP contribution >= 0.6 is 11.6 Å². The molecule has 0 bridgehead atoms. The van der Waals surface area contributed by atoms with Crippen LogP contribution in [0.25, 0.3) is 0 Å². The fourth-order valence-electron chi connectivity index (χ4n) is 2.19. The molecule has 0 aliphatic carbocycles. The van der Waals surface area contributed by atoms with Gasteiger partial charge in [0.25, 0.3) is 0 Å². The highest BCUT2D eigenvalue weighted by Gasteiger charge is 2.10. The van der Waals surface area contributed by atoms with E-state index in [0.717, 1.165) is 11.3 Å². The Labute approximate surface area is 136 Å². The van der Waals surface area contributed by atoms with Gasteiger partial charge in [-0.1, -0.05) is 41.9 Å². The normalized spacial score (nSPS) is 13.6. The largest absolute Gasteiger partial charge is 0.491 e. The molecule has 2 aromatic rings. The first-order chi connectivity index (χ1) is 10.6. The Balaban J connectivity index is 1.77. The third-order valence-corrected chi connectivity index (χ3v) is 3.76. The molecule has 0 radical (unpaired) electrons. The molecule has 2 N–H and O–H groups in total. The van der Waals surface area contributed by atoms with Gasteiger partial charge in [-0.3, -0.25) is 0 Å². The number of rotatable bonds is 7. The summed E-state index contributed by atoms with van der Waals surface area (Å²) in [4.78, 5) is 0. The highest BCUT2D eigenvalue weighted by Crippen LogP contribution is 2.21. The van der Waals surface area contributed by atoms with Gasteiger partial charge in [0.2, 0.25) is 0 Å². The Hall–Kier alpha value is -1.55. The smallest absolute Gasteiger partial charge is 0.122 e. The monoisotopic (exact) mass is 319 g/mol. The zero-order chi connectivity index (χ0) is 15.9. The Morgan fingerprint density at radius 1 is 1.18 bits per heavy atom. The van der Waals surface area contributed by atoms with Gasteiger partial charge in [0.15, 0.2) is 0 Å². The van der Waals surface area contributed by atoms with E-state index in [4.69, 9.17) is 16.3 Å². The van der Waals surface area contributed by atoms with Gasteiger partial charge >= 0.3 is 0 Å². The number of ether oxygens (including phenoxy) is 1. The van der Waals surface area contributed by atoms with Crippen molar-refractivity contribution in [3.8, 4) is 5.75 Å². The summed E-state index contributed by atoms with van der Waals surface area (Å²) in [6, 6.07) is 15.8. The second-order valence-corrected chi connectivity index (χ2v) is 5.85. The molecule has 0 amide bonds. The summed E-state index contributed by atoms with van der Waals surface area (Å²) in [6.07, 6.45) is -0.568. The lowest BCUT2D eigenvalue weighted by atomic mass is 10.1. The molecule has 0 saturated heterocycles. The zero-order valence-electron chi connectivity index (χ0n) is 12.9. The van der Waals surface area contributed by atoms with Gasteiger partial charge in [0, 0.05) is 17.6 Å². The van der Waals surface area contributed by atoms with E-state index < -0.39 is 6.10 Å². The lowest BCUT2D eigenvalue weighted by Gasteiger charge is -2.18. The molecule has 0 fully saturated rings. The van der Waals surface area contributed by atoms with Crippen LogP contribution in [-0.2, 0) is 0 Å². The molecule has 0 heterocycles. The minimum atomic E-state index is -0.568. The number of hydrogen-bond donors (Lipinski definition) is 2. The van der Waals surface area contributed by atoms with E-state index >= 15 is 0 Å². The van der Waals surface area contributed by atoms with E-state index in [1.807, 2.05) is 37.3 Å². The van der Waals surface area contributed by atoms with Crippen LogP contribution in [-0.4, -0.2) is 24.4 Å². The summed E-state index contributed by atoms with van der Waals surface area (Å²) >= 11 is 5.91. The first-order valence-corrected chi connectivity index (χ1v) is 7.79. The maximum atomic E-state index is 10.0. The van der Waals surface area contributed by atoms with Gasteiger partial charge in [0.1, 0.15) is 18.5 Å². The molecule has 0 aromatic heterocycles. The van der Waals surface area contributed by atoms with Crippen LogP contribution in [0.5, 0.6) is 5.75 Å². The van der Waals surface area contributed by atoms with Crippen molar-refractivity contribution in [1.29, 1.82) is 0 Å². The third-order valence-electron chi connectivity index (χ3n) is 3.53. The molecule has 0 unspecified atom stereocenters. The summed E-state index contributed by atoms with van der Waals surface area (Å²) in [5.41, 5.74) is 2.16. The zero-order valence-corrected chi connectivity index (χ0v) is 13.7. The fraction of sp³-hybridized carbons (Fsp3) is 0.333. The molecule has 22 heavy (non-hydrogen) atoms. The number of aryl methyl sites for hydroxylation is 1. The number of halogens is 1. The first kappa shape index (κ1) is 16.8. The van der Waals surface area contributed by atoms with Crippen molar-refractivity contribution in [3.63, 3.8) is 0 Å². The topological polar surface area (TPSA) is 41.5 Å². The SMILES string of the molecule is Cc1cc(Cl)ccc1OC[C@H](O)CN[C@H](C)c1ccccc1. The van der Waals surface area contributed by atoms with Crippen molar-refractivity contribution in [2.75, 3.05) is 13.2 Å². The molecule has 0 spiro atoms. The van der Waals surface area contributed by atoms with Gasteiger partial charge in [-0.05, 0) is 43.2 Å². The standard InChI is InChI=1S/C18H22ClNO2/c1-13-10-16(19)8-9-18(13)22-12-17(21)11-20-14(2)15-6-4-3-5-7-15/h3-10,14,17,20-21H,11-12H2,1-2H3/t14-,17-/m1/s1. The third kappa shape index (κ3) is 5.02. The summed E-state index contributed by atoms with van der Waals surface area (Å²) in [6.45, 7) is 4.73. The number of aliphatic hydroxyl groups is 1. The number of nitrogens with one attached hydrogen (secondary N) is 1. The van der Waals surface area contributed by atoms with Crippen LogP contribution in [0.2, 0.25) is 5.02 Å². The second-order valence-electron chi connectivity index (χ2n) is 5.42. The van der Waals surface area contributed by atoms with Crippen molar-refractivity contribution in [3.05, 3.63) is 64.7 Å². The van der Waals surface area contributed by atoms with E-state index in [0.29, 0.717) is 11.6 Å². The van der Waals surface area contributed by atoms with Crippen LogP contribution in [0.3, 0.4) is 0 Å². The Morgan fingerprint density at radius 3 is 2.59 bits per heavy atom. The predicted octanol–water partition coefficient (Wildman–Crippen LogP) is 3.74. The summed E-state index contributed by atoms with van der Waals surface area (Å²) in [5, 5.41) is 14.0. The summed E-state index contributed by atoms with van der Waals surface area (Å²) in [7, 11) is 0. The van der Waals surface area contributed by atoms with Gasteiger partial charge in [-0.25, -0.2) is 0 Å². The number of aliphatic hydroxyl groups excluding tert-OH is 1. The van der Waals surface area contributed by atoms with Gasteiger partial charge in [-0.15, -0.1) is 0 Å². The van der Waals surface area contributed by atoms with Crippen molar-refractivity contribution in [2.45, 2.75) is 26.0 Å². The number of hydrogen-bond acceptors (Lipinski definition) is 3. The van der Waals surface area contributed by atoms with Gasteiger partial charge in [0.05, 0.1) is 0 Å². The molecular weight excluding hydrogens is 298 g/mol. The Kier molecular flexibility index (Phi) is 6.25. The highest BCUT2D eigenvalue weighted by molar-refractivity contribution is 6.30. The van der Waals surface area contributed by atoms with Crippen LogP contribution in [0.15, 0.2) is 48.5 Å². The maximum absolute atomic E-state index is 10.0. The Morgan fingerprint density at radius 2 is 1.91 bits per heavy atom. The highest BCUT2D eigenvalue weighted by atomic mass is 35.5. The van der Waals surface area contributed by atoms with E-state index in [-0.39, 0.29) is 12.6 Å². The van der Waals surface area contributed by atoms with Crippen molar-refractivity contribution in [1.82, 2.24) is 5.32 Å². The van der Waals surface area contributed by atoms with Crippen LogP contribution in [0, 0.1) is 6.92 Å². The first-order valence-electron chi connectivity index (χ1n) is 7.41. The minimum Gasteiger partial charge on any atom is -0.491 e. The number of benzene rings is 2. The average Bonchev–Trinajstić information content (AvgIpc) is 2.52. The maximum Gasteiger partial charge on any atom is 0.122 e. The van der Waals surface area contributed by atoms with Crippen molar-refractivity contribution >= 4 is 11.6 Å². The quantitative estimate of drug-likeness (QED) is 0.817. The van der Waals surface area contributed by atoms with E-state index in [9.17, 15) is 5.11 Å². The minimum absolute atomic E-state index is 0.188. The van der Waals surface area contributed by atoms with E-state index in [1.165, 1.54) is 5.56 Å². The molecular formula is C18H22ClNO2. The van der Waals surface area contributed by atoms with E-state index in [1.54, 1.807) is 6.07 Å². The van der Waals surface area contributed by atoms with E-state index in [2.05, 4.69) is 24.4 Å². The molecule has 0 aliphatic rings. The lowest BCUT2D eigenvalue weighted by molar-refractivity contribution is 0.104. The summed E-state index contributed by atoms with van der Waals surface area (Å²) in [5.74, 6) is 0.750. The molecule has 0 aliphatic heterocycles. The van der Waals surface area contributed by atoms with Crippen LogP contribution in [0.1, 0.15) is 24.1 Å². The van der Waals surface area contributed by atoms with Gasteiger partial charge in [-0.2, -0.15) is 0 Å². The predicted molar refractivity (Wildman–Crippen MR) is 90.6 cm³/mol. The molecule has 0 saturated carbocycles. The molecule has 3 nitrogen and oxygen atoms in total. The fourth-order valence-corrected chi connectivity index (χ4v) is 2.42. The molecule has 118 valence electrons. The van der Waals surface area contributed by atoms with Crippen molar-refractivity contribution < 1.29 is 9.84 Å². The van der Waals surface area contributed by atoms with Gasteiger partial charge < -0.3 is 15.2 Å².